The molecule has 1 amide bonds. The molecule has 0 atom stereocenters. The van der Waals surface area contributed by atoms with Gasteiger partial charge in [-0.25, -0.2) is 0 Å². The molecule has 3 aromatic rings. The van der Waals surface area contributed by atoms with Gasteiger partial charge in [0, 0.05) is 19.0 Å². The van der Waals surface area contributed by atoms with Gasteiger partial charge in [-0.1, -0.05) is 5.16 Å². The summed E-state index contributed by atoms with van der Waals surface area (Å²) in [4.78, 5) is 21.7. The van der Waals surface area contributed by atoms with Crippen LogP contribution in [0.3, 0.4) is 0 Å². The van der Waals surface area contributed by atoms with Crippen molar-refractivity contribution in [3.05, 3.63) is 35.4 Å². The van der Waals surface area contributed by atoms with Crippen molar-refractivity contribution < 1.29 is 9.32 Å². The smallest absolute Gasteiger partial charge is 0.270 e. The number of hydrogen-bond donors (Lipinski definition) is 1. The maximum absolute atomic E-state index is 12.5. The van der Waals surface area contributed by atoms with E-state index in [-0.39, 0.29) is 5.91 Å². The third-order valence-electron chi connectivity index (χ3n) is 4.00. The number of aromatic nitrogens is 3. The second kappa shape index (κ2) is 5.00. The summed E-state index contributed by atoms with van der Waals surface area (Å²) in [6.07, 6.45) is 3.11. The van der Waals surface area contributed by atoms with E-state index in [4.69, 9.17) is 4.52 Å². The van der Waals surface area contributed by atoms with Gasteiger partial charge in [-0.2, -0.15) is 4.98 Å². The lowest BCUT2D eigenvalue weighted by molar-refractivity contribution is 0.0705. The summed E-state index contributed by atoms with van der Waals surface area (Å²) in [5, 5.41) is 5.92. The van der Waals surface area contributed by atoms with Crippen LogP contribution >= 0.6 is 11.3 Å². The van der Waals surface area contributed by atoms with E-state index >= 15 is 0 Å². The van der Waals surface area contributed by atoms with Crippen LogP contribution in [0.1, 0.15) is 35.1 Å². The number of piperidine rings is 1. The Labute approximate surface area is 124 Å². The first-order valence-electron chi connectivity index (χ1n) is 6.93. The molecule has 0 unspecified atom stereocenters. The molecule has 0 radical (unpaired) electrons. The Bertz CT molecular complexity index is 724. The Balaban J connectivity index is 1.46. The average Bonchev–Trinajstić information content (AvgIpc) is 3.23. The molecular formula is C14H14N4O2S. The van der Waals surface area contributed by atoms with Crippen LogP contribution in [0, 0.1) is 0 Å². The highest BCUT2D eigenvalue weighted by Gasteiger charge is 2.27. The Morgan fingerprint density at radius 2 is 2.29 bits per heavy atom. The Morgan fingerprint density at radius 3 is 3.00 bits per heavy atom. The molecule has 1 N–H and O–H groups in total. The highest BCUT2D eigenvalue weighted by atomic mass is 32.1. The molecule has 0 aliphatic carbocycles. The van der Waals surface area contributed by atoms with Gasteiger partial charge in [0.25, 0.3) is 5.91 Å². The predicted molar refractivity (Wildman–Crippen MR) is 78.4 cm³/mol. The number of carbonyl (C=O) groups excluding carboxylic acids is 1. The number of thiophene rings is 1. The van der Waals surface area contributed by atoms with Gasteiger partial charge in [0.1, 0.15) is 5.69 Å². The maximum Gasteiger partial charge on any atom is 0.270 e. The highest BCUT2D eigenvalue weighted by molar-refractivity contribution is 7.17. The number of rotatable bonds is 2. The summed E-state index contributed by atoms with van der Waals surface area (Å²) >= 11 is 1.64. The van der Waals surface area contributed by atoms with Gasteiger partial charge in [-0.15, -0.1) is 11.3 Å². The topological polar surface area (TPSA) is 75.0 Å². The fourth-order valence-electron chi connectivity index (χ4n) is 2.83. The highest BCUT2D eigenvalue weighted by Crippen LogP contribution is 2.27. The normalized spacial score (nSPS) is 16.7. The number of H-pyrrole nitrogens is 1. The summed E-state index contributed by atoms with van der Waals surface area (Å²) in [5.41, 5.74) is 1.71. The van der Waals surface area contributed by atoms with Gasteiger partial charge < -0.3 is 14.4 Å². The van der Waals surface area contributed by atoms with E-state index in [1.54, 1.807) is 11.3 Å². The van der Waals surface area contributed by atoms with Crippen molar-refractivity contribution >= 4 is 27.5 Å². The van der Waals surface area contributed by atoms with Crippen LogP contribution in [-0.4, -0.2) is 39.0 Å². The third kappa shape index (κ3) is 2.23. The van der Waals surface area contributed by atoms with Gasteiger partial charge in [-0.3, -0.25) is 4.79 Å². The summed E-state index contributed by atoms with van der Waals surface area (Å²) < 4.78 is 5.92. The number of carbonyl (C=O) groups is 1. The van der Waals surface area contributed by atoms with Crippen molar-refractivity contribution in [1.82, 2.24) is 20.0 Å². The van der Waals surface area contributed by atoms with Crippen LogP contribution in [0.5, 0.6) is 0 Å². The van der Waals surface area contributed by atoms with E-state index in [2.05, 4.69) is 15.1 Å². The van der Waals surface area contributed by atoms with Crippen molar-refractivity contribution in [3.8, 4) is 0 Å². The van der Waals surface area contributed by atoms with E-state index in [1.807, 2.05) is 22.4 Å². The van der Waals surface area contributed by atoms with E-state index in [0.29, 0.717) is 11.6 Å². The van der Waals surface area contributed by atoms with Crippen molar-refractivity contribution in [2.75, 3.05) is 13.1 Å². The molecule has 21 heavy (non-hydrogen) atoms. The van der Waals surface area contributed by atoms with Crippen LogP contribution in [0.25, 0.3) is 10.2 Å². The lowest BCUT2D eigenvalue weighted by atomic mass is 9.96. The zero-order valence-corrected chi connectivity index (χ0v) is 12.1. The fourth-order valence-corrected chi connectivity index (χ4v) is 3.62. The van der Waals surface area contributed by atoms with Crippen LogP contribution in [0.15, 0.2) is 28.4 Å². The molecular weight excluding hydrogens is 288 g/mol. The van der Waals surface area contributed by atoms with Crippen molar-refractivity contribution in [3.63, 3.8) is 0 Å². The van der Waals surface area contributed by atoms with E-state index < -0.39 is 0 Å². The molecule has 1 fully saturated rings. The number of aromatic amines is 1. The van der Waals surface area contributed by atoms with Crippen LogP contribution in [0.2, 0.25) is 0 Å². The Kier molecular flexibility index (Phi) is 2.99. The van der Waals surface area contributed by atoms with Crippen LogP contribution in [0.4, 0.5) is 0 Å². The lowest BCUT2D eigenvalue weighted by Gasteiger charge is -2.30. The zero-order chi connectivity index (χ0) is 14.2. The standard InChI is InChI=1S/C14H14N4O2S/c19-14(11-7-12-10(16-11)3-6-21-12)18-4-1-9(2-5-18)13-15-8-20-17-13/h3,6-9,16H,1-2,4-5H2. The summed E-state index contributed by atoms with van der Waals surface area (Å²) in [6.45, 7) is 1.45. The maximum atomic E-state index is 12.5. The first-order valence-corrected chi connectivity index (χ1v) is 7.81. The van der Waals surface area contributed by atoms with Gasteiger partial charge in [0.2, 0.25) is 6.39 Å². The van der Waals surface area contributed by atoms with Crippen LogP contribution in [-0.2, 0) is 0 Å². The summed E-state index contributed by atoms with van der Waals surface area (Å²) in [7, 11) is 0. The van der Waals surface area contributed by atoms with Crippen molar-refractivity contribution in [2.24, 2.45) is 0 Å². The van der Waals surface area contributed by atoms with E-state index in [0.717, 1.165) is 42.0 Å². The molecule has 4 heterocycles. The van der Waals surface area contributed by atoms with Crippen molar-refractivity contribution in [2.45, 2.75) is 18.8 Å². The van der Waals surface area contributed by atoms with E-state index in [9.17, 15) is 4.79 Å². The predicted octanol–water partition coefficient (Wildman–Crippen LogP) is 2.63. The van der Waals surface area contributed by atoms with Gasteiger partial charge in [0.05, 0.1) is 10.2 Å². The number of likely N-dealkylation sites (tertiary alicyclic amines) is 1. The number of hydrogen-bond acceptors (Lipinski definition) is 5. The quantitative estimate of drug-likeness (QED) is 0.789. The Hall–Kier alpha value is -2.15. The first kappa shape index (κ1) is 12.6. The zero-order valence-electron chi connectivity index (χ0n) is 11.3. The second-order valence-electron chi connectivity index (χ2n) is 5.24. The molecule has 7 heteroatoms. The minimum Gasteiger partial charge on any atom is -0.350 e. The lowest BCUT2D eigenvalue weighted by Crippen LogP contribution is -2.38. The minimum atomic E-state index is 0.0740. The molecule has 1 saturated heterocycles. The molecule has 4 rings (SSSR count). The molecule has 0 bridgehead atoms. The van der Waals surface area contributed by atoms with E-state index in [1.165, 1.54) is 6.39 Å². The molecule has 3 aromatic heterocycles. The monoisotopic (exact) mass is 302 g/mol. The summed E-state index contributed by atoms with van der Waals surface area (Å²) in [6, 6.07) is 3.94. The molecule has 6 nitrogen and oxygen atoms in total. The minimum absolute atomic E-state index is 0.0740. The molecule has 1 aliphatic rings. The summed E-state index contributed by atoms with van der Waals surface area (Å²) in [5.74, 6) is 1.12. The molecule has 0 aromatic carbocycles. The number of nitrogens with one attached hydrogen (secondary N) is 1. The molecule has 0 saturated carbocycles. The number of fused-ring (bicyclic) bond motifs is 1. The first-order chi connectivity index (χ1) is 10.3. The Morgan fingerprint density at radius 1 is 1.43 bits per heavy atom. The fraction of sp³-hybridized carbons (Fsp3) is 0.357. The largest absolute Gasteiger partial charge is 0.350 e. The SMILES string of the molecule is O=C(c1cc2sccc2[nH]1)N1CCC(c2ncon2)CC1. The second-order valence-corrected chi connectivity index (χ2v) is 6.19. The number of nitrogens with zero attached hydrogens (tertiary/aromatic N) is 3. The third-order valence-corrected chi connectivity index (χ3v) is 4.86. The molecule has 1 aliphatic heterocycles. The number of amides is 1. The van der Waals surface area contributed by atoms with Crippen molar-refractivity contribution in [1.29, 1.82) is 0 Å². The average molecular weight is 302 g/mol. The van der Waals surface area contributed by atoms with Gasteiger partial charge in [-0.05, 0) is 30.4 Å². The van der Waals surface area contributed by atoms with Gasteiger partial charge >= 0.3 is 0 Å². The van der Waals surface area contributed by atoms with Gasteiger partial charge in [0.15, 0.2) is 5.82 Å². The molecule has 108 valence electrons. The van der Waals surface area contributed by atoms with Crippen LogP contribution < -0.4 is 0 Å². The molecule has 0 spiro atoms.